The van der Waals surface area contributed by atoms with Crippen LogP contribution in [0.5, 0.6) is 0 Å². The van der Waals surface area contributed by atoms with Crippen LogP contribution >= 0.6 is 0 Å². The molecule has 0 saturated carbocycles. The maximum Gasteiger partial charge on any atom is 0.337 e. The van der Waals surface area contributed by atoms with Gasteiger partial charge in [-0.3, -0.25) is 20.2 Å². The Kier molecular flexibility index (Phi) is 12.5. The zero-order valence-corrected chi connectivity index (χ0v) is 30.3. The molecule has 0 aromatic heterocycles. The van der Waals surface area contributed by atoms with E-state index >= 15 is 0 Å². The predicted octanol–water partition coefficient (Wildman–Crippen LogP) is 5.27. The number of carbonyl (C=O) groups excluding carboxylic acids is 4. The van der Waals surface area contributed by atoms with E-state index < -0.39 is 64.9 Å². The number of allylic oxidation sites excluding steroid dienone is 4. The minimum atomic E-state index is -1.10. The van der Waals surface area contributed by atoms with Crippen LogP contribution in [0.1, 0.15) is 71.4 Å². The number of nitro benzene ring substituents is 2. The summed E-state index contributed by atoms with van der Waals surface area (Å²) in [5.41, 5.74) is 1.92. The van der Waals surface area contributed by atoms with Crippen LogP contribution < -0.4 is 10.6 Å². The van der Waals surface area contributed by atoms with Gasteiger partial charge in [0.2, 0.25) is 0 Å². The summed E-state index contributed by atoms with van der Waals surface area (Å²) in [7, 11) is 0. The minimum absolute atomic E-state index is 0.00825. The molecule has 16 heteroatoms. The van der Waals surface area contributed by atoms with Crippen molar-refractivity contribution < 1.29 is 48.0 Å². The van der Waals surface area contributed by atoms with Gasteiger partial charge >= 0.3 is 23.9 Å². The summed E-state index contributed by atoms with van der Waals surface area (Å²) in [5.74, 6) is -5.28. The van der Waals surface area contributed by atoms with E-state index in [1.807, 2.05) is 0 Å². The van der Waals surface area contributed by atoms with Crippen molar-refractivity contribution in [2.45, 2.75) is 66.4 Å². The lowest BCUT2D eigenvalue weighted by molar-refractivity contribution is -0.385. The molecule has 0 saturated heterocycles. The molecule has 2 atom stereocenters. The third-order valence-corrected chi connectivity index (χ3v) is 8.42. The molecule has 2 heterocycles. The summed E-state index contributed by atoms with van der Waals surface area (Å²) in [6.07, 6.45) is -0.503. The number of dihydropyridines is 2. The number of nitrogens with one attached hydrogen (secondary N) is 2. The fourth-order valence-corrected chi connectivity index (χ4v) is 6.25. The van der Waals surface area contributed by atoms with Crippen molar-refractivity contribution in [1.82, 2.24) is 10.6 Å². The first-order valence-corrected chi connectivity index (χ1v) is 16.6. The van der Waals surface area contributed by atoms with E-state index in [0.717, 1.165) is 0 Å². The van der Waals surface area contributed by atoms with Gasteiger partial charge in [-0.1, -0.05) is 24.3 Å². The Labute approximate surface area is 304 Å². The van der Waals surface area contributed by atoms with Crippen molar-refractivity contribution in [2.24, 2.45) is 0 Å². The SMILES string of the molecule is CCOC(=O)C1=C(C)NC(C)=C(C(=O)OCCOC(=O)C2=C(C)NC(C)=C(C(=O)OC(C)C)C2c2cccc([N+](=O)[O-])c2)C1c1ccc([N+](=O)[O-])cc1. The molecule has 2 aliphatic heterocycles. The second kappa shape index (κ2) is 16.8. The fourth-order valence-electron chi connectivity index (χ4n) is 6.25. The predicted molar refractivity (Wildman–Crippen MR) is 189 cm³/mol. The Bertz CT molecular complexity index is 1970. The molecule has 0 radical (unpaired) electrons. The molecule has 2 unspecified atom stereocenters. The molecule has 2 N–H and O–H groups in total. The molecule has 0 amide bonds. The van der Waals surface area contributed by atoms with Crippen LogP contribution in [0.3, 0.4) is 0 Å². The van der Waals surface area contributed by atoms with E-state index in [-0.39, 0.29) is 45.8 Å². The molecule has 16 nitrogen and oxygen atoms in total. The standard InChI is InChI=1S/C37H40N4O12/c1-8-50-34(42)28-20(4)38-21(5)29(32(28)24-12-14-26(15-13-24)40(46)47)35(43)51-16-17-52-36(44)30-22(6)39-23(7)31(37(45)53-19(2)3)33(30)25-10-9-11-27(18-25)41(48)49/h9-15,18-19,32-33,38-39H,8,16-17H2,1-7H3. The molecule has 0 spiro atoms. The highest BCUT2D eigenvalue weighted by Crippen LogP contribution is 2.41. The van der Waals surface area contributed by atoms with Crippen molar-refractivity contribution in [3.63, 3.8) is 0 Å². The molecule has 0 bridgehead atoms. The number of benzene rings is 2. The van der Waals surface area contributed by atoms with Crippen molar-refractivity contribution in [1.29, 1.82) is 0 Å². The number of esters is 4. The Balaban J connectivity index is 1.58. The van der Waals surface area contributed by atoms with Gasteiger partial charge in [0.25, 0.3) is 11.4 Å². The normalized spacial score (nSPS) is 17.2. The maximum absolute atomic E-state index is 13.7. The number of nitrogens with zero attached hydrogens (tertiary/aromatic N) is 2. The molecule has 0 fully saturated rings. The van der Waals surface area contributed by atoms with Crippen LogP contribution in [-0.2, 0) is 38.1 Å². The summed E-state index contributed by atoms with van der Waals surface area (Å²) in [6, 6.07) is 11.0. The monoisotopic (exact) mass is 732 g/mol. The van der Waals surface area contributed by atoms with Gasteiger partial charge in [0.1, 0.15) is 13.2 Å². The van der Waals surface area contributed by atoms with E-state index in [4.69, 9.17) is 18.9 Å². The summed E-state index contributed by atoms with van der Waals surface area (Å²) in [4.78, 5) is 75.7. The molecule has 2 aliphatic rings. The summed E-state index contributed by atoms with van der Waals surface area (Å²) < 4.78 is 21.8. The topological polar surface area (TPSA) is 216 Å². The molecule has 53 heavy (non-hydrogen) atoms. The highest BCUT2D eigenvalue weighted by molar-refractivity contribution is 6.01. The van der Waals surface area contributed by atoms with Gasteiger partial charge in [0, 0.05) is 47.1 Å². The highest BCUT2D eigenvalue weighted by Gasteiger charge is 2.40. The molecule has 280 valence electrons. The van der Waals surface area contributed by atoms with Crippen LogP contribution in [0.4, 0.5) is 11.4 Å². The lowest BCUT2D eigenvalue weighted by Gasteiger charge is -2.31. The quantitative estimate of drug-likeness (QED) is 0.0882. The molecule has 4 rings (SSSR count). The highest BCUT2D eigenvalue weighted by atomic mass is 16.6. The van der Waals surface area contributed by atoms with E-state index in [2.05, 4.69) is 10.6 Å². The van der Waals surface area contributed by atoms with Crippen molar-refractivity contribution >= 4 is 35.3 Å². The van der Waals surface area contributed by atoms with E-state index in [1.165, 1.54) is 42.5 Å². The van der Waals surface area contributed by atoms with Crippen LogP contribution in [0.15, 0.2) is 93.6 Å². The van der Waals surface area contributed by atoms with Crippen molar-refractivity contribution in [3.05, 3.63) is 125 Å². The Morgan fingerprint density at radius 1 is 0.642 bits per heavy atom. The van der Waals surface area contributed by atoms with E-state index in [0.29, 0.717) is 28.4 Å². The second-order valence-corrected chi connectivity index (χ2v) is 12.4. The largest absolute Gasteiger partial charge is 0.463 e. The molecular weight excluding hydrogens is 692 g/mol. The number of ether oxygens (including phenoxy) is 4. The third kappa shape index (κ3) is 8.77. The van der Waals surface area contributed by atoms with Crippen molar-refractivity contribution in [3.8, 4) is 0 Å². The molecular formula is C37H40N4O12. The van der Waals surface area contributed by atoms with Crippen LogP contribution in [0, 0.1) is 20.2 Å². The molecule has 2 aromatic rings. The zero-order valence-electron chi connectivity index (χ0n) is 30.3. The van der Waals surface area contributed by atoms with Gasteiger partial charge in [-0.15, -0.1) is 0 Å². The first-order chi connectivity index (χ1) is 25.1. The average Bonchev–Trinajstić information content (AvgIpc) is 3.09. The fraction of sp³-hybridized carbons (Fsp3) is 0.351. The van der Waals surface area contributed by atoms with Gasteiger partial charge in [0.15, 0.2) is 0 Å². The number of nitro groups is 2. The summed E-state index contributed by atoms with van der Waals surface area (Å²) in [5, 5.41) is 29.0. The van der Waals surface area contributed by atoms with E-state index in [1.54, 1.807) is 54.5 Å². The zero-order chi connectivity index (χ0) is 39.1. The van der Waals surface area contributed by atoms with Gasteiger partial charge < -0.3 is 29.6 Å². The first kappa shape index (κ1) is 39.5. The lowest BCUT2D eigenvalue weighted by atomic mass is 9.80. The minimum Gasteiger partial charge on any atom is -0.463 e. The summed E-state index contributed by atoms with van der Waals surface area (Å²) in [6.45, 7) is 10.6. The van der Waals surface area contributed by atoms with Crippen molar-refractivity contribution in [2.75, 3.05) is 19.8 Å². The average molecular weight is 733 g/mol. The van der Waals surface area contributed by atoms with E-state index in [9.17, 15) is 39.4 Å². The number of rotatable bonds is 13. The summed E-state index contributed by atoms with van der Waals surface area (Å²) >= 11 is 0. The third-order valence-electron chi connectivity index (χ3n) is 8.42. The first-order valence-electron chi connectivity index (χ1n) is 16.6. The Hall–Kier alpha value is -6.32. The molecule has 2 aromatic carbocycles. The van der Waals surface area contributed by atoms with Gasteiger partial charge in [-0.25, -0.2) is 19.2 Å². The van der Waals surface area contributed by atoms with Crippen LogP contribution in [0.25, 0.3) is 0 Å². The number of hydrogen-bond acceptors (Lipinski definition) is 14. The lowest BCUT2D eigenvalue weighted by Crippen LogP contribution is -2.34. The smallest absolute Gasteiger partial charge is 0.337 e. The number of carbonyl (C=O) groups is 4. The van der Waals surface area contributed by atoms with Gasteiger partial charge in [0.05, 0.1) is 56.7 Å². The van der Waals surface area contributed by atoms with Crippen LogP contribution in [0.2, 0.25) is 0 Å². The second-order valence-electron chi connectivity index (χ2n) is 12.4. The van der Waals surface area contributed by atoms with Gasteiger partial charge in [-0.2, -0.15) is 0 Å². The van der Waals surface area contributed by atoms with Crippen LogP contribution in [-0.4, -0.2) is 59.6 Å². The molecule has 0 aliphatic carbocycles. The number of non-ortho nitro benzene ring substituents is 2. The Morgan fingerprint density at radius 2 is 1.08 bits per heavy atom. The van der Waals surface area contributed by atoms with Gasteiger partial charge in [-0.05, 0) is 59.6 Å². The number of hydrogen-bond donors (Lipinski definition) is 2. The Morgan fingerprint density at radius 3 is 1.51 bits per heavy atom. The maximum atomic E-state index is 13.7.